The highest BCUT2D eigenvalue weighted by molar-refractivity contribution is 9.10. The molecule has 0 amide bonds. The monoisotopic (exact) mass is 359 g/mol. The summed E-state index contributed by atoms with van der Waals surface area (Å²) >= 11 is 3.38. The maximum Gasteiger partial charge on any atom is 0.244 e. The normalized spacial score (nSPS) is 24.1. The van der Waals surface area contributed by atoms with Crippen LogP contribution in [0.4, 0.5) is 0 Å². The van der Waals surface area contributed by atoms with Gasteiger partial charge in [0.1, 0.15) is 0 Å². The molecule has 2 unspecified atom stereocenters. The number of hydrogen-bond donors (Lipinski definition) is 0. The Hall–Kier alpha value is -0.390. The average Bonchev–Trinajstić information content (AvgIpc) is 2.38. The predicted molar refractivity (Wildman–Crippen MR) is 85.2 cm³/mol. The van der Waals surface area contributed by atoms with E-state index in [9.17, 15) is 8.42 Å². The van der Waals surface area contributed by atoms with Gasteiger partial charge < -0.3 is 0 Å². The lowest BCUT2D eigenvalue weighted by molar-refractivity contribution is 0.213. The maximum atomic E-state index is 12.8. The fraction of sp³-hybridized carbons (Fsp3) is 0.600. The number of benzene rings is 1. The van der Waals surface area contributed by atoms with Gasteiger partial charge in [0.2, 0.25) is 10.0 Å². The molecule has 1 aromatic carbocycles. The summed E-state index contributed by atoms with van der Waals surface area (Å²) < 4.78 is 27.8. The molecule has 2 rings (SSSR count). The van der Waals surface area contributed by atoms with E-state index < -0.39 is 10.0 Å². The van der Waals surface area contributed by atoms with Crippen molar-refractivity contribution in [3.8, 4) is 0 Å². The molecule has 112 valence electrons. The SMILES string of the molecule is Cc1ccc(S(=O)(=O)N(C)C2CCCCC2C)c(Br)c1. The van der Waals surface area contributed by atoms with Gasteiger partial charge in [-0.15, -0.1) is 0 Å². The van der Waals surface area contributed by atoms with Crippen molar-refractivity contribution in [3.63, 3.8) is 0 Å². The Morgan fingerprint density at radius 2 is 1.90 bits per heavy atom. The van der Waals surface area contributed by atoms with Crippen LogP contribution >= 0.6 is 15.9 Å². The van der Waals surface area contributed by atoms with Gasteiger partial charge in [-0.25, -0.2) is 8.42 Å². The lowest BCUT2D eigenvalue weighted by Crippen LogP contribution is -2.42. The molecule has 3 nitrogen and oxygen atoms in total. The number of hydrogen-bond acceptors (Lipinski definition) is 2. The molecule has 1 saturated carbocycles. The van der Waals surface area contributed by atoms with Gasteiger partial charge in [-0.3, -0.25) is 0 Å². The van der Waals surface area contributed by atoms with Gasteiger partial charge in [0.05, 0.1) is 4.90 Å². The molecule has 2 atom stereocenters. The molecule has 0 radical (unpaired) electrons. The van der Waals surface area contributed by atoms with E-state index >= 15 is 0 Å². The number of aryl methyl sites for hydroxylation is 1. The molecule has 0 spiro atoms. The van der Waals surface area contributed by atoms with E-state index in [0.29, 0.717) is 15.3 Å². The smallest absolute Gasteiger partial charge is 0.207 e. The molecular weight excluding hydrogens is 338 g/mol. The molecule has 1 aromatic rings. The van der Waals surface area contributed by atoms with Gasteiger partial charge in [-0.05, 0) is 59.3 Å². The molecular formula is C15H22BrNO2S. The highest BCUT2D eigenvalue weighted by atomic mass is 79.9. The van der Waals surface area contributed by atoms with Crippen LogP contribution in [0.2, 0.25) is 0 Å². The topological polar surface area (TPSA) is 37.4 Å². The first-order valence-electron chi connectivity index (χ1n) is 7.08. The summed E-state index contributed by atoms with van der Waals surface area (Å²) in [7, 11) is -1.72. The molecule has 1 aliphatic rings. The van der Waals surface area contributed by atoms with Crippen molar-refractivity contribution in [1.29, 1.82) is 0 Å². The highest BCUT2D eigenvalue weighted by Gasteiger charge is 2.33. The molecule has 20 heavy (non-hydrogen) atoms. The minimum atomic E-state index is -3.43. The van der Waals surface area contributed by atoms with Gasteiger partial charge in [-0.2, -0.15) is 4.31 Å². The lowest BCUT2D eigenvalue weighted by atomic mass is 9.86. The summed E-state index contributed by atoms with van der Waals surface area (Å²) in [6.07, 6.45) is 4.39. The van der Waals surface area contributed by atoms with Crippen molar-refractivity contribution in [2.24, 2.45) is 5.92 Å². The quantitative estimate of drug-likeness (QED) is 0.818. The van der Waals surface area contributed by atoms with Crippen LogP contribution in [0.25, 0.3) is 0 Å². The van der Waals surface area contributed by atoms with Crippen LogP contribution in [-0.2, 0) is 10.0 Å². The van der Waals surface area contributed by atoms with Gasteiger partial charge in [0.25, 0.3) is 0 Å². The fourth-order valence-electron chi connectivity index (χ4n) is 2.99. The van der Waals surface area contributed by atoms with Crippen LogP contribution in [0, 0.1) is 12.8 Å². The summed E-state index contributed by atoms with van der Waals surface area (Å²) in [5.41, 5.74) is 1.05. The minimum absolute atomic E-state index is 0.113. The summed E-state index contributed by atoms with van der Waals surface area (Å²) in [5, 5.41) is 0. The fourth-order valence-corrected chi connectivity index (χ4v) is 5.62. The second-order valence-electron chi connectivity index (χ2n) is 5.78. The molecule has 0 saturated heterocycles. The molecule has 0 aliphatic heterocycles. The van der Waals surface area contributed by atoms with Crippen LogP contribution in [0.15, 0.2) is 27.6 Å². The van der Waals surface area contributed by atoms with Crippen molar-refractivity contribution >= 4 is 26.0 Å². The zero-order valence-electron chi connectivity index (χ0n) is 12.3. The third-order valence-electron chi connectivity index (χ3n) is 4.28. The van der Waals surface area contributed by atoms with Gasteiger partial charge in [0.15, 0.2) is 0 Å². The van der Waals surface area contributed by atoms with Gasteiger partial charge in [0, 0.05) is 17.6 Å². The van der Waals surface area contributed by atoms with Crippen LogP contribution in [0.5, 0.6) is 0 Å². The van der Waals surface area contributed by atoms with Crippen LogP contribution in [-0.4, -0.2) is 25.8 Å². The lowest BCUT2D eigenvalue weighted by Gasteiger charge is -2.35. The maximum absolute atomic E-state index is 12.8. The van der Waals surface area contributed by atoms with Crippen molar-refractivity contribution in [2.45, 2.75) is 50.5 Å². The molecule has 0 heterocycles. The van der Waals surface area contributed by atoms with E-state index in [4.69, 9.17) is 0 Å². The second kappa shape index (κ2) is 6.16. The molecule has 0 bridgehead atoms. The van der Waals surface area contributed by atoms with E-state index in [1.54, 1.807) is 17.4 Å². The summed E-state index contributed by atoms with van der Waals surface area (Å²) in [5.74, 6) is 0.424. The number of sulfonamides is 1. The highest BCUT2D eigenvalue weighted by Crippen LogP contribution is 2.32. The van der Waals surface area contributed by atoms with E-state index in [1.165, 1.54) is 6.42 Å². The Bertz CT molecular complexity index is 586. The van der Waals surface area contributed by atoms with E-state index in [0.717, 1.165) is 24.8 Å². The summed E-state index contributed by atoms with van der Waals surface area (Å²) in [4.78, 5) is 0.364. The molecule has 1 aliphatic carbocycles. The Morgan fingerprint density at radius 3 is 2.50 bits per heavy atom. The number of halogens is 1. The Morgan fingerprint density at radius 1 is 1.25 bits per heavy atom. The van der Waals surface area contributed by atoms with E-state index in [2.05, 4.69) is 22.9 Å². The number of nitrogens with zero attached hydrogens (tertiary/aromatic N) is 1. The van der Waals surface area contributed by atoms with Crippen molar-refractivity contribution in [3.05, 3.63) is 28.2 Å². The van der Waals surface area contributed by atoms with Crippen molar-refractivity contribution in [1.82, 2.24) is 4.31 Å². The van der Waals surface area contributed by atoms with Crippen LogP contribution in [0.3, 0.4) is 0 Å². The van der Waals surface area contributed by atoms with E-state index in [1.807, 2.05) is 19.1 Å². The second-order valence-corrected chi connectivity index (χ2v) is 8.60. The number of rotatable bonds is 3. The Kier molecular flexibility index (Phi) is 4.92. The van der Waals surface area contributed by atoms with Crippen molar-refractivity contribution in [2.75, 3.05) is 7.05 Å². The summed E-state index contributed by atoms with van der Waals surface area (Å²) in [6, 6.07) is 5.50. The Balaban J connectivity index is 2.33. The molecule has 0 N–H and O–H groups in total. The first-order valence-corrected chi connectivity index (χ1v) is 9.31. The first kappa shape index (κ1) is 16.0. The largest absolute Gasteiger partial charge is 0.244 e. The van der Waals surface area contributed by atoms with Gasteiger partial charge in [-0.1, -0.05) is 25.8 Å². The first-order chi connectivity index (χ1) is 9.34. The third-order valence-corrected chi connectivity index (χ3v) is 7.14. The zero-order chi connectivity index (χ0) is 14.9. The third kappa shape index (κ3) is 3.10. The summed E-state index contributed by atoms with van der Waals surface area (Å²) in [6.45, 7) is 4.11. The molecule has 5 heteroatoms. The molecule has 0 aromatic heterocycles. The standard InChI is InChI=1S/C15H22BrNO2S/c1-11-8-9-15(13(16)10-11)20(18,19)17(3)14-7-5-4-6-12(14)2/h8-10,12,14H,4-7H2,1-3H3. The predicted octanol–water partition coefficient (Wildman–Crippen LogP) is 3.96. The van der Waals surface area contributed by atoms with Crippen LogP contribution < -0.4 is 0 Å². The minimum Gasteiger partial charge on any atom is -0.207 e. The molecule has 1 fully saturated rings. The Labute approximate surface area is 130 Å². The zero-order valence-corrected chi connectivity index (χ0v) is 14.7. The van der Waals surface area contributed by atoms with E-state index in [-0.39, 0.29) is 6.04 Å². The van der Waals surface area contributed by atoms with Gasteiger partial charge >= 0.3 is 0 Å². The average molecular weight is 360 g/mol. The van der Waals surface area contributed by atoms with Crippen LogP contribution in [0.1, 0.15) is 38.2 Å². The van der Waals surface area contributed by atoms with Crippen molar-refractivity contribution < 1.29 is 8.42 Å².